The van der Waals surface area contributed by atoms with E-state index in [-0.39, 0.29) is 23.6 Å². The standard InChI is InChI=1S/C26H20ClN3O5S/c27-21-7-8-22(36-21)35-26(34)29-20-6-2-5-17-13-30(25(33)23(17)20)12-15-3-1-4-16(11-15)18-9-10-28-24(32)19(18)14-31/h1-4,6-11,13,31H,5,12,14H2,(H,28,32)(H,29,34). The van der Waals surface area contributed by atoms with Crippen LogP contribution in [0.2, 0.25) is 4.34 Å². The molecule has 1 aliphatic heterocycles. The number of amides is 2. The smallest absolute Gasteiger partial charge is 0.399 e. The number of ether oxygens (including phenoxy) is 1. The van der Waals surface area contributed by atoms with Crippen molar-refractivity contribution in [3.05, 3.63) is 110 Å². The molecule has 2 aromatic heterocycles. The van der Waals surface area contributed by atoms with E-state index in [0.29, 0.717) is 39.2 Å². The molecule has 182 valence electrons. The summed E-state index contributed by atoms with van der Waals surface area (Å²) in [7, 11) is 0. The van der Waals surface area contributed by atoms with Crippen LogP contribution in [-0.4, -0.2) is 27.0 Å². The number of nitrogens with one attached hydrogen (secondary N) is 2. The van der Waals surface area contributed by atoms with Crippen LogP contribution in [0.5, 0.6) is 5.06 Å². The lowest BCUT2D eigenvalue weighted by Crippen LogP contribution is -2.30. The minimum absolute atomic E-state index is 0.235. The van der Waals surface area contributed by atoms with Gasteiger partial charge in [-0.1, -0.05) is 47.2 Å². The number of carbonyl (C=O) groups is 2. The molecule has 1 aromatic carbocycles. The molecule has 0 saturated heterocycles. The Balaban J connectivity index is 1.35. The number of aliphatic hydroxyl groups excluding tert-OH is 1. The van der Waals surface area contributed by atoms with Gasteiger partial charge in [0.25, 0.3) is 11.5 Å². The van der Waals surface area contributed by atoms with Gasteiger partial charge in [-0.05, 0) is 59.0 Å². The summed E-state index contributed by atoms with van der Waals surface area (Å²) in [6.07, 6.45) is 6.74. The van der Waals surface area contributed by atoms with Crippen LogP contribution in [0.15, 0.2) is 88.7 Å². The van der Waals surface area contributed by atoms with Gasteiger partial charge < -0.3 is 19.7 Å². The van der Waals surface area contributed by atoms with Crippen LogP contribution in [-0.2, 0) is 17.9 Å². The van der Waals surface area contributed by atoms with Crippen molar-refractivity contribution >= 4 is 34.9 Å². The number of benzene rings is 1. The van der Waals surface area contributed by atoms with Gasteiger partial charge in [0.05, 0.1) is 34.3 Å². The van der Waals surface area contributed by atoms with E-state index in [0.717, 1.165) is 28.0 Å². The van der Waals surface area contributed by atoms with E-state index in [1.165, 1.54) is 6.20 Å². The maximum Gasteiger partial charge on any atom is 0.417 e. The minimum Gasteiger partial charge on any atom is -0.399 e. The number of rotatable bonds is 6. The molecule has 0 bridgehead atoms. The lowest BCUT2D eigenvalue weighted by atomic mass is 9.98. The fourth-order valence-electron chi connectivity index (χ4n) is 4.20. The second kappa shape index (κ2) is 9.98. The zero-order valence-corrected chi connectivity index (χ0v) is 20.4. The van der Waals surface area contributed by atoms with Gasteiger partial charge >= 0.3 is 6.09 Å². The Morgan fingerprint density at radius 1 is 1.22 bits per heavy atom. The number of hydrogen-bond acceptors (Lipinski definition) is 6. The van der Waals surface area contributed by atoms with Crippen LogP contribution >= 0.6 is 22.9 Å². The quantitative estimate of drug-likeness (QED) is 0.443. The number of thiophene rings is 1. The highest BCUT2D eigenvalue weighted by molar-refractivity contribution is 7.17. The lowest BCUT2D eigenvalue weighted by Gasteiger charge is -2.17. The molecule has 2 amide bonds. The first-order valence-electron chi connectivity index (χ1n) is 11.0. The topological polar surface area (TPSA) is 112 Å². The number of H-pyrrole nitrogens is 1. The van der Waals surface area contributed by atoms with Crippen molar-refractivity contribution in [2.24, 2.45) is 0 Å². The molecule has 0 unspecified atom stereocenters. The zero-order valence-electron chi connectivity index (χ0n) is 18.8. The van der Waals surface area contributed by atoms with Crippen molar-refractivity contribution in [3.63, 3.8) is 0 Å². The van der Waals surface area contributed by atoms with Crippen LogP contribution in [0.25, 0.3) is 11.1 Å². The van der Waals surface area contributed by atoms with Crippen LogP contribution < -0.4 is 15.6 Å². The van der Waals surface area contributed by atoms with Crippen molar-refractivity contribution in [2.75, 3.05) is 0 Å². The number of carbonyl (C=O) groups excluding carboxylic acids is 2. The number of aromatic nitrogens is 1. The van der Waals surface area contributed by atoms with Gasteiger partial charge in [-0.25, -0.2) is 4.79 Å². The summed E-state index contributed by atoms with van der Waals surface area (Å²) >= 11 is 7.01. The number of hydrogen-bond donors (Lipinski definition) is 3. The molecular formula is C26H20ClN3O5S. The summed E-state index contributed by atoms with van der Waals surface area (Å²) < 4.78 is 5.76. The number of fused-ring (bicyclic) bond motifs is 1. The Hall–Kier alpha value is -3.92. The SMILES string of the molecule is O=C(NC1=C2C(=O)N(Cc3cccc(-c4cc[nH]c(=O)c4CO)c3)C=C2CC=C1)Oc1ccc(Cl)s1. The third-order valence-corrected chi connectivity index (χ3v) is 6.90. The Morgan fingerprint density at radius 2 is 2.08 bits per heavy atom. The van der Waals surface area contributed by atoms with E-state index in [2.05, 4.69) is 10.3 Å². The van der Waals surface area contributed by atoms with Crippen LogP contribution in [0.3, 0.4) is 0 Å². The van der Waals surface area contributed by atoms with Crippen LogP contribution in [0.4, 0.5) is 4.79 Å². The molecule has 5 rings (SSSR count). The average molecular weight is 522 g/mol. The number of aromatic amines is 1. The molecule has 1 aliphatic carbocycles. The Bertz CT molecular complexity index is 1520. The minimum atomic E-state index is -0.710. The second-order valence-corrected chi connectivity index (χ2v) is 9.79. The van der Waals surface area contributed by atoms with Gasteiger partial charge in [-0.3, -0.25) is 14.9 Å². The summed E-state index contributed by atoms with van der Waals surface area (Å²) in [5, 5.41) is 12.7. The van der Waals surface area contributed by atoms with E-state index >= 15 is 0 Å². The number of aliphatic hydroxyl groups is 1. The third kappa shape index (κ3) is 4.76. The Morgan fingerprint density at radius 3 is 2.86 bits per heavy atom. The third-order valence-electron chi connectivity index (χ3n) is 5.79. The van der Waals surface area contributed by atoms with Gasteiger partial charge in [0.15, 0.2) is 5.06 Å². The number of halogens is 1. The Kier molecular flexibility index (Phi) is 6.60. The molecule has 36 heavy (non-hydrogen) atoms. The fraction of sp³-hybridized carbons (Fsp3) is 0.115. The van der Waals surface area contributed by atoms with Crippen LogP contribution in [0.1, 0.15) is 17.5 Å². The van der Waals surface area contributed by atoms with E-state index in [4.69, 9.17) is 16.3 Å². The van der Waals surface area contributed by atoms with E-state index in [1.54, 1.807) is 35.4 Å². The molecule has 3 aromatic rings. The molecule has 0 radical (unpaired) electrons. The molecule has 3 N–H and O–H groups in total. The van der Waals surface area contributed by atoms with Gasteiger partial charge in [0, 0.05) is 12.4 Å². The van der Waals surface area contributed by atoms with Gasteiger partial charge in [0.2, 0.25) is 0 Å². The maximum absolute atomic E-state index is 13.3. The predicted octanol–water partition coefficient (Wildman–Crippen LogP) is 4.48. The van der Waals surface area contributed by atoms with Crippen molar-refractivity contribution in [1.82, 2.24) is 15.2 Å². The van der Waals surface area contributed by atoms with Crippen molar-refractivity contribution in [1.29, 1.82) is 0 Å². The van der Waals surface area contributed by atoms with Crippen LogP contribution in [0, 0.1) is 0 Å². The summed E-state index contributed by atoms with van der Waals surface area (Å²) in [5.41, 5.74) is 3.77. The van der Waals surface area contributed by atoms with Crippen molar-refractivity contribution in [3.8, 4) is 16.2 Å². The molecular weight excluding hydrogens is 502 g/mol. The van der Waals surface area contributed by atoms with Gasteiger partial charge in [-0.2, -0.15) is 0 Å². The molecule has 0 atom stereocenters. The largest absolute Gasteiger partial charge is 0.417 e. The number of nitrogens with zero attached hydrogens (tertiary/aromatic N) is 1. The highest BCUT2D eigenvalue weighted by atomic mass is 35.5. The molecule has 2 aliphatic rings. The fourth-order valence-corrected chi connectivity index (χ4v) is 5.07. The van der Waals surface area contributed by atoms with E-state index in [9.17, 15) is 19.5 Å². The monoisotopic (exact) mass is 521 g/mol. The molecule has 3 heterocycles. The number of allylic oxidation sites excluding steroid dienone is 2. The molecule has 0 spiro atoms. The highest BCUT2D eigenvalue weighted by Crippen LogP contribution is 2.33. The summed E-state index contributed by atoms with van der Waals surface area (Å²) in [6, 6.07) is 12.4. The number of pyridine rings is 1. The first-order chi connectivity index (χ1) is 17.4. The van der Waals surface area contributed by atoms with Gasteiger partial charge in [-0.15, -0.1) is 0 Å². The zero-order chi connectivity index (χ0) is 25.2. The Labute approximate surface area is 214 Å². The summed E-state index contributed by atoms with van der Waals surface area (Å²) in [4.78, 5) is 41.9. The second-order valence-electron chi connectivity index (χ2n) is 8.11. The summed E-state index contributed by atoms with van der Waals surface area (Å²) in [5.74, 6) is -0.235. The molecule has 10 heteroatoms. The normalized spacial score (nSPS) is 14.7. The molecule has 8 nitrogen and oxygen atoms in total. The van der Waals surface area contributed by atoms with Gasteiger partial charge in [0.1, 0.15) is 0 Å². The maximum atomic E-state index is 13.3. The molecule has 0 fully saturated rings. The molecule has 0 saturated carbocycles. The first kappa shape index (κ1) is 23.8. The lowest BCUT2D eigenvalue weighted by molar-refractivity contribution is -0.124. The highest BCUT2D eigenvalue weighted by Gasteiger charge is 2.32. The van der Waals surface area contributed by atoms with Crippen molar-refractivity contribution in [2.45, 2.75) is 19.6 Å². The van der Waals surface area contributed by atoms with Crippen molar-refractivity contribution < 1.29 is 19.4 Å². The average Bonchev–Trinajstić information content (AvgIpc) is 3.41. The first-order valence-corrected chi connectivity index (χ1v) is 12.2. The van der Waals surface area contributed by atoms with E-state index in [1.807, 2.05) is 30.3 Å². The van der Waals surface area contributed by atoms with E-state index < -0.39 is 6.09 Å². The summed E-state index contributed by atoms with van der Waals surface area (Å²) in [6.45, 7) is -0.0892. The predicted molar refractivity (Wildman–Crippen MR) is 136 cm³/mol.